The van der Waals surface area contributed by atoms with Crippen LogP contribution in [0.25, 0.3) is 0 Å². The van der Waals surface area contributed by atoms with Gasteiger partial charge in [0.2, 0.25) is 5.91 Å². The highest BCUT2D eigenvalue weighted by Gasteiger charge is 2.01. The Balaban J connectivity index is 2.05. The molecule has 3 amide bonds. The van der Waals surface area contributed by atoms with Gasteiger partial charge in [-0.25, -0.2) is 9.18 Å². The lowest BCUT2D eigenvalue weighted by molar-refractivity contribution is -0.121. The maximum absolute atomic E-state index is 12.7. The number of benzene rings is 1. The number of nitrogens with one attached hydrogen (secondary N) is 2. The van der Waals surface area contributed by atoms with Crippen molar-refractivity contribution < 1.29 is 14.0 Å². The number of primary amides is 1. The monoisotopic (exact) mass is 281 g/mol. The number of hydrogen-bond donors (Lipinski definition) is 3. The lowest BCUT2D eigenvalue weighted by Crippen LogP contribution is -2.30. The Morgan fingerprint density at radius 3 is 2.40 bits per heavy atom. The van der Waals surface area contributed by atoms with E-state index in [-0.39, 0.29) is 11.7 Å². The Morgan fingerprint density at radius 2 is 1.75 bits per heavy atom. The van der Waals surface area contributed by atoms with Crippen LogP contribution < -0.4 is 16.4 Å². The molecule has 0 atom stereocenters. The fourth-order valence-corrected chi connectivity index (χ4v) is 1.71. The summed E-state index contributed by atoms with van der Waals surface area (Å²) in [7, 11) is 0. The van der Waals surface area contributed by atoms with Crippen LogP contribution in [0, 0.1) is 5.82 Å². The normalized spacial score (nSPS) is 10.1. The SMILES string of the molecule is NC(=O)NCCCCC(=O)NCCc1ccc(F)cc1. The van der Waals surface area contributed by atoms with Gasteiger partial charge in [-0.3, -0.25) is 4.79 Å². The van der Waals surface area contributed by atoms with Crippen LogP contribution in [-0.4, -0.2) is 25.0 Å². The zero-order valence-electron chi connectivity index (χ0n) is 11.3. The van der Waals surface area contributed by atoms with Crippen LogP contribution in [-0.2, 0) is 11.2 Å². The van der Waals surface area contributed by atoms with E-state index in [1.54, 1.807) is 12.1 Å². The fraction of sp³-hybridized carbons (Fsp3) is 0.429. The van der Waals surface area contributed by atoms with Crippen LogP contribution in [0.3, 0.4) is 0 Å². The highest BCUT2D eigenvalue weighted by atomic mass is 19.1. The average Bonchev–Trinajstić information content (AvgIpc) is 2.40. The lowest BCUT2D eigenvalue weighted by atomic mass is 10.1. The van der Waals surface area contributed by atoms with E-state index >= 15 is 0 Å². The summed E-state index contributed by atoms with van der Waals surface area (Å²) >= 11 is 0. The Hall–Kier alpha value is -2.11. The third-order valence-electron chi connectivity index (χ3n) is 2.78. The Kier molecular flexibility index (Phi) is 7.10. The standard InChI is InChI=1S/C14H20FN3O2/c15-12-6-4-11(5-7-12)8-10-17-13(19)3-1-2-9-18-14(16)20/h4-7H,1-3,8-10H2,(H,17,19)(H3,16,18,20). The number of carbonyl (C=O) groups excluding carboxylic acids is 2. The molecule has 0 radical (unpaired) electrons. The number of halogens is 1. The second kappa shape index (κ2) is 8.90. The maximum Gasteiger partial charge on any atom is 0.312 e. The van der Waals surface area contributed by atoms with Gasteiger partial charge in [0.15, 0.2) is 0 Å². The highest BCUT2D eigenvalue weighted by Crippen LogP contribution is 2.03. The van der Waals surface area contributed by atoms with Gasteiger partial charge in [-0.2, -0.15) is 0 Å². The number of hydrogen-bond acceptors (Lipinski definition) is 2. The van der Waals surface area contributed by atoms with Gasteiger partial charge in [-0.1, -0.05) is 12.1 Å². The zero-order valence-corrected chi connectivity index (χ0v) is 11.3. The summed E-state index contributed by atoms with van der Waals surface area (Å²) in [5, 5.41) is 5.27. The van der Waals surface area contributed by atoms with Gasteiger partial charge in [0.25, 0.3) is 0 Å². The first-order valence-electron chi connectivity index (χ1n) is 6.62. The van der Waals surface area contributed by atoms with Crippen molar-refractivity contribution in [1.29, 1.82) is 0 Å². The molecule has 0 bridgehead atoms. The number of unbranched alkanes of at least 4 members (excludes halogenated alkanes) is 1. The molecule has 1 aromatic rings. The van der Waals surface area contributed by atoms with Gasteiger partial charge in [0.1, 0.15) is 5.82 Å². The predicted molar refractivity (Wildman–Crippen MR) is 74.6 cm³/mol. The summed E-state index contributed by atoms with van der Waals surface area (Å²) < 4.78 is 12.7. The second-order valence-electron chi connectivity index (χ2n) is 4.47. The predicted octanol–water partition coefficient (Wildman–Crippen LogP) is 1.32. The summed E-state index contributed by atoms with van der Waals surface area (Å²) in [5.41, 5.74) is 5.90. The molecule has 4 N–H and O–H groups in total. The Labute approximate surface area is 117 Å². The molecule has 5 nitrogen and oxygen atoms in total. The molecule has 20 heavy (non-hydrogen) atoms. The molecule has 0 fully saturated rings. The minimum atomic E-state index is -0.547. The molecule has 0 spiro atoms. The van der Waals surface area contributed by atoms with E-state index in [0.717, 1.165) is 5.56 Å². The molecule has 1 rings (SSSR count). The van der Waals surface area contributed by atoms with Crippen LogP contribution in [0.5, 0.6) is 0 Å². The van der Waals surface area contributed by atoms with Crippen molar-refractivity contribution in [3.05, 3.63) is 35.6 Å². The summed E-state index contributed by atoms with van der Waals surface area (Å²) in [6.07, 6.45) is 2.51. The highest BCUT2D eigenvalue weighted by molar-refractivity contribution is 5.75. The molecule has 6 heteroatoms. The molecule has 0 aromatic heterocycles. The quantitative estimate of drug-likeness (QED) is 0.628. The first-order valence-corrected chi connectivity index (χ1v) is 6.62. The molecule has 0 aliphatic rings. The smallest absolute Gasteiger partial charge is 0.312 e. The molecule has 1 aromatic carbocycles. The van der Waals surface area contributed by atoms with E-state index in [0.29, 0.717) is 38.8 Å². The summed E-state index contributed by atoms with van der Waals surface area (Å²) in [6.45, 7) is 1.02. The topological polar surface area (TPSA) is 84.2 Å². The molecule has 0 aliphatic carbocycles. The number of urea groups is 1. The van der Waals surface area contributed by atoms with Crippen LogP contribution in [0.1, 0.15) is 24.8 Å². The van der Waals surface area contributed by atoms with Gasteiger partial charge in [-0.15, -0.1) is 0 Å². The van der Waals surface area contributed by atoms with E-state index in [1.165, 1.54) is 12.1 Å². The first-order chi connectivity index (χ1) is 9.58. The van der Waals surface area contributed by atoms with Crippen molar-refractivity contribution in [1.82, 2.24) is 10.6 Å². The van der Waals surface area contributed by atoms with E-state index in [1.807, 2.05) is 0 Å². The van der Waals surface area contributed by atoms with Gasteiger partial charge in [0, 0.05) is 19.5 Å². The third-order valence-corrected chi connectivity index (χ3v) is 2.78. The van der Waals surface area contributed by atoms with Gasteiger partial charge >= 0.3 is 6.03 Å². The number of amides is 3. The zero-order chi connectivity index (χ0) is 14.8. The van der Waals surface area contributed by atoms with Gasteiger partial charge in [0.05, 0.1) is 0 Å². The third kappa shape index (κ3) is 7.35. The largest absolute Gasteiger partial charge is 0.356 e. The summed E-state index contributed by atoms with van der Waals surface area (Å²) in [4.78, 5) is 21.9. The summed E-state index contributed by atoms with van der Waals surface area (Å²) in [5.74, 6) is -0.284. The van der Waals surface area contributed by atoms with Crippen molar-refractivity contribution in [2.45, 2.75) is 25.7 Å². The van der Waals surface area contributed by atoms with Crippen molar-refractivity contribution >= 4 is 11.9 Å². The first kappa shape index (κ1) is 15.9. The molecular formula is C14H20FN3O2. The minimum Gasteiger partial charge on any atom is -0.356 e. The maximum atomic E-state index is 12.7. The fourth-order valence-electron chi connectivity index (χ4n) is 1.71. The van der Waals surface area contributed by atoms with E-state index < -0.39 is 6.03 Å². The summed E-state index contributed by atoms with van der Waals surface area (Å²) in [6, 6.07) is 5.67. The Bertz CT molecular complexity index is 435. The number of carbonyl (C=O) groups is 2. The van der Waals surface area contributed by atoms with Crippen molar-refractivity contribution in [2.24, 2.45) is 5.73 Å². The van der Waals surface area contributed by atoms with Gasteiger partial charge < -0.3 is 16.4 Å². The molecule has 0 heterocycles. The lowest BCUT2D eigenvalue weighted by Gasteiger charge is -2.06. The van der Waals surface area contributed by atoms with Crippen LogP contribution in [0.15, 0.2) is 24.3 Å². The minimum absolute atomic E-state index is 0.0220. The van der Waals surface area contributed by atoms with Crippen LogP contribution >= 0.6 is 0 Å². The molecule has 0 saturated carbocycles. The molecule has 0 saturated heterocycles. The van der Waals surface area contributed by atoms with Crippen molar-refractivity contribution in [3.8, 4) is 0 Å². The van der Waals surface area contributed by atoms with Gasteiger partial charge in [-0.05, 0) is 37.0 Å². The number of nitrogens with two attached hydrogens (primary N) is 1. The van der Waals surface area contributed by atoms with Crippen LogP contribution in [0.4, 0.5) is 9.18 Å². The average molecular weight is 281 g/mol. The Morgan fingerprint density at radius 1 is 1.05 bits per heavy atom. The van der Waals surface area contributed by atoms with Crippen molar-refractivity contribution in [3.63, 3.8) is 0 Å². The molecule has 110 valence electrons. The van der Waals surface area contributed by atoms with E-state index in [4.69, 9.17) is 5.73 Å². The molecule has 0 unspecified atom stereocenters. The number of rotatable bonds is 8. The molecular weight excluding hydrogens is 261 g/mol. The van der Waals surface area contributed by atoms with E-state index in [9.17, 15) is 14.0 Å². The van der Waals surface area contributed by atoms with Crippen LogP contribution in [0.2, 0.25) is 0 Å². The molecule has 0 aliphatic heterocycles. The van der Waals surface area contributed by atoms with Crippen molar-refractivity contribution in [2.75, 3.05) is 13.1 Å². The second-order valence-corrected chi connectivity index (χ2v) is 4.47. The van der Waals surface area contributed by atoms with E-state index in [2.05, 4.69) is 10.6 Å².